The van der Waals surface area contributed by atoms with Gasteiger partial charge >= 0.3 is 0 Å². The number of anilines is 3. The first-order chi connectivity index (χ1) is 17.0. The second-order valence-corrected chi connectivity index (χ2v) is 8.88. The van der Waals surface area contributed by atoms with Crippen LogP contribution in [0.1, 0.15) is 28.4 Å². The van der Waals surface area contributed by atoms with E-state index in [1.54, 1.807) is 19.4 Å². The zero-order chi connectivity index (χ0) is 24.8. The van der Waals surface area contributed by atoms with E-state index < -0.39 is 0 Å². The van der Waals surface area contributed by atoms with Gasteiger partial charge in [-0.3, -0.25) is 9.69 Å². The summed E-state index contributed by atoms with van der Waals surface area (Å²) in [7, 11) is 1.64. The number of pyridine rings is 1. The number of aryl methyl sites for hydroxylation is 1. The van der Waals surface area contributed by atoms with E-state index in [9.17, 15) is 9.90 Å². The molecule has 9 nitrogen and oxygen atoms in total. The number of nitrogens with one attached hydrogen (secondary N) is 2. The van der Waals surface area contributed by atoms with Gasteiger partial charge in [-0.25, -0.2) is 9.67 Å². The first-order valence-corrected chi connectivity index (χ1v) is 12.3. The number of aromatic nitrogens is 3. The number of carbonyl (C=O) groups excluding carboxylic acids is 1. The highest BCUT2D eigenvalue weighted by Crippen LogP contribution is 2.27. The van der Waals surface area contributed by atoms with Crippen LogP contribution >= 0.6 is 11.6 Å². The molecule has 3 N–H and O–H groups in total. The molecule has 0 aliphatic carbocycles. The van der Waals surface area contributed by atoms with Crippen molar-refractivity contribution >= 4 is 34.8 Å². The Balaban J connectivity index is 1.56. The van der Waals surface area contributed by atoms with Crippen LogP contribution in [0.3, 0.4) is 0 Å². The SMILES string of the molecule is CCn1nccc1Nc1cc(Cc2ccc(N3CCN(CCO)CC3)cc2C(=O)NC)c(Cl)cn1. The first-order valence-electron chi connectivity index (χ1n) is 11.9. The van der Waals surface area contributed by atoms with E-state index in [0.717, 1.165) is 55.4 Å². The number of aliphatic hydroxyl groups is 1. The third-order valence-corrected chi connectivity index (χ3v) is 6.65. The van der Waals surface area contributed by atoms with E-state index in [-0.39, 0.29) is 12.5 Å². The van der Waals surface area contributed by atoms with Gasteiger partial charge in [0.15, 0.2) is 0 Å². The molecule has 0 unspecified atom stereocenters. The molecule has 4 rings (SSSR count). The van der Waals surface area contributed by atoms with Gasteiger partial charge in [-0.15, -0.1) is 0 Å². The Morgan fingerprint density at radius 3 is 2.66 bits per heavy atom. The molecule has 1 aliphatic heterocycles. The summed E-state index contributed by atoms with van der Waals surface area (Å²) in [6.07, 6.45) is 3.87. The molecule has 3 aromatic rings. The molecule has 1 fully saturated rings. The molecule has 1 aromatic carbocycles. The molecule has 1 amide bonds. The van der Waals surface area contributed by atoms with E-state index in [2.05, 4.69) is 36.6 Å². The molecule has 186 valence electrons. The lowest BCUT2D eigenvalue weighted by Gasteiger charge is -2.36. The molecule has 10 heteroatoms. The van der Waals surface area contributed by atoms with Crippen molar-refractivity contribution in [1.82, 2.24) is 25.0 Å². The molecule has 0 saturated carbocycles. The van der Waals surface area contributed by atoms with E-state index in [0.29, 0.717) is 29.4 Å². The van der Waals surface area contributed by atoms with Gasteiger partial charge in [0.25, 0.3) is 5.91 Å². The molecular formula is C25H32ClN7O2. The maximum atomic E-state index is 12.8. The summed E-state index contributed by atoms with van der Waals surface area (Å²) in [6.45, 7) is 7.12. The van der Waals surface area contributed by atoms with E-state index in [1.165, 1.54) is 0 Å². The minimum atomic E-state index is -0.129. The van der Waals surface area contributed by atoms with Gasteiger partial charge in [0.2, 0.25) is 0 Å². The molecule has 1 saturated heterocycles. The third-order valence-electron chi connectivity index (χ3n) is 6.31. The van der Waals surface area contributed by atoms with E-state index >= 15 is 0 Å². The third kappa shape index (κ3) is 5.93. The number of nitrogens with zero attached hydrogens (tertiary/aromatic N) is 5. The van der Waals surface area contributed by atoms with Crippen molar-refractivity contribution in [3.05, 3.63) is 64.4 Å². The summed E-state index contributed by atoms with van der Waals surface area (Å²) in [5.74, 6) is 1.39. The number of aliphatic hydroxyl groups excluding tert-OH is 1. The summed E-state index contributed by atoms with van der Waals surface area (Å²) in [5, 5.41) is 20.1. The van der Waals surface area contributed by atoms with Crippen molar-refractivity contribution < 1.29 is 9.90 Å². The van der Waals surface area contributed by atoms with Crippen LogP contribution in [-0.4, -0.2) is 77.1 Å². The van der Waals surface area contributed by atoms with Gasteiger partial charge < -0.3 is 20.6 Å². The van der Waals surface area contributed by atoms with Crippen molar-refractivity contribution in [2.24, 2.45) is 0 Å². The monoisotopic (exact) mass is 497 g/mol. The number of β-amino-alcohol motifs (C(OH)–C–C–N with tert-alkyl or cyclic N) is 1. The lowest BCUT2D eigenvalue weighted by molar-refractivity contribution is 0.0962. The fourth-order valence-corrected chi connectivity index (χ4v) is 4.51. The molecule has 0 radical (unpaired) electrons. The van der Waals surface area contributed by atoms with Crippen molar-refractivity contribution in [2.75, 3.05) is 56.6 Å². The Kier molecular flexibility index (Phi) is 8.22. The van der Waals surface area contributed by atoms with Crippen LogP contribution in [0.25, 0.3) is 0 Å². The van der Waals surface area contributed by atoms with Gasteiger partial charge in [-0.2, -0.15) is 5.10 Å². The van der Waals surface area contributed by atoms with Crippen LogP contribution in [0.2, 0.25) is 5.02 Å². The van der Waals surface area contributed by atoms with Gasteiger partial charge in [0, 0.05) is 69.8 Å². The van der Waals surface area contributed by atoms with Gasteiger partial charge in [0.05, 0.1) is 17.8 Å². The van der Waals surface area contributed by atoms with E-state index in [4.69, 9.17) is 11.6 Å². The summed E-state index contributed by atoms with van der Waals surface area (Å²) < 4.78 is 1.85. The fourth-order valence-electron chi connectivity index (χ4n) is 4.34. The number of rotatable bonds is 9. The van der Waals surface area contributed by atoms with Crippen molar-refractivity contribution in [3.63, 3.8) is 0 Å². The number of amides is 1. The second-order valence-electron chi connectivity index (χ2n) is 8.47. The van der Waals surface area contributed by atoms with Crippen LogP contribution in [-0.2, 0) is 13.0 Å². The highest BCUT2D eigenvalue weighted by molar-refractivity contribution is 6.31. The number of halogens is 1. The van der Waals surface area contributed by atoms with E-state index in [1.807, 2.05) is 35.9 Å². The Labute approximate surface area is 210 Å². The fraction of sp³-hybridized carbons (Fsp3) is 0.400. The van der Waals surface area contributed by atoms with Gasteiger partial charge in [0.1, 0.15) is 11.6 Å². The number of piperazine rings is 1. The number of hydrogen-bond acceptors (Lipinski definition) is 7. The molecule has 3 heterocycles. The Morgan fingerprint density at radius 1 is 1.14 bits per heavy atom. The van der Waals surface area contributed by atoms with Crippen LogP contribution in [0.15, 0.2) is 42.7 Å². The highest BCUT2D eigenvalue weighted by Gasteiger charge is 2.20. The summed E-state index contributed by atoms with van der Waals surface area (Å²) in [6, 6.07) is 9.85. The molecule has 2 aromatic heterocycles. The predicted octanol–water partition coefficient (Wildman–Crippen LogP) is 2.76. The second kappa shape index (κ2) is 11.5. The average molecular weight is 498 g/mol. The lowest BCUT2D eigenvalue weighted by atomic mass is 9.98. The Hall–Kier alpha value is -3.14. The quantitative estimate of drug-likeness (QED) is 0.418. The predicted molar refractivity (Wildman–Crippen MR) is 139 cm³/mol. The van der Waals surface area contributed by atoms with Crippen LogP contribution in [0, 0.1) is 0 Å². The number of benzene rings is 1. The highest BCUT2D eigenvalue weighted by atomic mass is 35.5. The number of hydrogen-bond donors (Lipinski definition) is 3. The molecular weight excluding hydrogens is 466 g/mol. The Morgan fingerprint density at radius 2 is 1.94 bits per heavy atom. The van der Waals surface area contributed by atoms with Crippen LogP contribution in [0.4, 0.5) is 17.3 Å². The van der Waals surface area contributed by atoms with Crippen molar-refractivity contribution in [1.29, 1.82) is 0 Å². The largest absolute Gasteiger partial charge is 0.395 e. The molecule has 0 bridgehead atoms. The summed E-state index contributed by atoms with van der Waals surface area (Å²) >= 11 is 6.51. The van der Waals surface area contributed by atoms with Crippen LogP contribution < -0.4 is 15.5 Å². The standard InChI is InChI=1S/C25H32ClN7O2/c1-3-33-24(6-7-29-33)30-23-15-19(22(26)17-28-23)14-18-4-5-20(16-21(18)25(35)27-2)32-10-8-31(9-11-32)12-13-34/h4-7,15-17,34H,3,8-14H2,1-2H3,(H,27,35)(H,28,30). The molecule has 0 spiro atoms. The maximum Gasteiger partial charge on any atom is 0.251 e. The van der Waals surface area contributed by atoms with Gasteiger partial charge in [-0.1, -0.05) is 17.7 Å². The number of carbonyl (C=O) groups is 1. The molecule has 35 heavy (non-hydrogen) atoms. The normalized spacial score (nSPS) is 14.2. The summed E-state index contributed by atoms with van der Waals surface area (Å²) in [4.78, 5) is 21.7. The topological polar surface area (TPSA) is 98.5 Å². The average Bonchev–Trinajstić information content (AvgIpc) is 3.33. The Bertz CT molecular complexity index is 1160. The minimum Gasteiger partial charge on any atom is -0.395 e. The molecule has 1 aliphatic rings. The first kappa shape index (κ1) is 25.0. The smallest absolute Gasteiger partial charge is 0.251 e. The van der Waals surface area contributed by atoms with Crippen molar-refractivity contribution in [2.45, 2.75) is 19.9 Å². The van der Waals surface area contributed by atoms with Crippen molar-refractivity contribution in [3.8, 4) is 0 Å². The molecule has 0 atom stereocenters. The van der Waals surface area contributed by atoms with Crippen LogP contribution in [0.5, 0.6) is 0 Å². The lowest BCUT2D eigenvalue weighted by Crippen LogP contribution is -2.47. The minimum absolute atomic E-state index is 0.129. The van der Waals surface area contributed by atoms with Gasteiger partial charge in [-0.05, 0) is 42.7 Å². The maximum absolute atomic E-state index is 12.8. The summed E-state index contributed by atoms with van der Waals surface area (Å²) in [5.41, 5.74) is 3.42. The zero-order valence-corrected chi connectivity index (χ0v) is 20.9. The zero-order valence-electron chi connectivity index (χ0n) is 20.2.